The van der Waals surface area contributed by atoms with Gasteiger partial charge in [0, 0.05) is 54.4 Å². The summed E-state index contributed by atoms with van der Waals surface area (Å²) in [5.41, 5.74) is 2.51. The van der Waals surface area contributed by atoms with Crippen molar-refractivity contribution in [3.8, 4) is 0 Å². The van der Waals surface area contributed by atoms with Crippen molar-refractivity contribution in [1.29, 1.82) is 0 Å². The number of nitrogens with zero attached hydrogens (tertiary/aromatic N) is 5. The second-order valence-corrected chi connectivity index (χ2v) is 9.42. The fourth-order valence-electron chi connectivity index (χ4n) is 4.39. The first-order chi connectivity index (χ1) is 15.6. The number of rotatable bonds is 5. The van der Waals surface area contributed by atoms with Crippen LogP contribution in [-0.4, -0.2) is 38.7 Å². The SMILES string of the molecule is Cn1nc(NC(=O)c2ccc(C(F)F)c(C3CCN(c4cncnc4)C3)c2)cc1C(C)(C)C. The minimum absolute atomic E-state index is 0.0319. The van der Waals surface area contributed by atoms with Crippen LogP contribution in [0.5, 0.6) is 0 Å². The predicted octanol–water partition coefficient (Wildman–Crippen LogP) is 4.69. The summed E-state index contributed by atoms with van der Waals surface area (Å²) in [7, 11) is 1.83. The van der Waals surface area contributed by atoms with Crippen molar-refractivity contribution in [3.05, 3.63) is 65.4 Å². The second kappa shape index (κ2) is 8.88. The van der Waals surface area contributed by atoms with Crippen LogP contribution in [0.1, 0.15) is 66.7 Å². The third-order valence-electron chi connectivity index (χ3n) is 6.01. The Morgan fingerprint density at radius 3 is 2.55 bits per heavy atom. The minimum atomic E-state index is -2.61. The van der Waals surface area contributed by atoms with E-state index in [1.807, 2.05) is 13.1 Å². The molecule has 1 aliphatic rings. The quantitative estimate of drug-likeness (QED) is 0.605. The fraction of sp³-hybridized carbons (Fsp3) is 0.417. The molecule has 33 heavy (non-hydrogen) atoms. The molecule has 0 saturated carbocycles. The zero-order chi connectivity index (χ0) is 23.8. The average molecular weight is 455 g/mol. The van der Waals surface area contributed by atoms with Crippen LogP contribution in [0.4, 0.5) is 20.3 Å². The molecule has 9 heteroatoms. The molecule has 1 atom stereocenters. The maximum atomic E-state index is 13.8. The van der Waals surface area contributed by atoms with Crippen LogP contribution in [0.15, 0.2) is 43.0 Å². The standard InChI is InChI=1S/C24H28F2N6O/c1-24(2,3)20-10-21(30-31(20)4)29-23(33)15-5-6-18(22(25)26)19(9-15)16-7-8-32(13-16)17-11-27-14-28-12-17/h5-6,9-12,14,16,22H,7-8,13H2,1-4H3,(H,29,30,33). The summed E-state index contributed by atoms with van der Waals surface area (Å²) in [4.78, 5) is 23.1. The van der Waals surface area contributed by atoms with Gasteiger partial charge in [-0.2, -0.15) is 5.10 Å². The van der Waals surface area contributed by atoms with Crippen molar-refractivity contribution < 1.29 is 13.6 Å². The molecule has 1 amide bonds. The van der Waals surface area contributed by atoms with Gasteiger partial charge in [-0.15, -0.1) is 0 Å². The summed E-state index contributed by atoms with van der Waals surface area (Å²) < 4.78 is 29.3. The van der Waals surface area contributed by atoms with Gasteiger partial charge < -0.3 is 10.2 Å². The normalized spacial score (nSPS) is 16.5. The van der Waals surface area contributed by atoms with E-state index in [0.29, 0.717) is 36.5 Å². The van der Waals surface area contributed by atoms with Crippen molar-refractivity contribution in [2.24, 2.45) is 7.05 Å². The molecule has 1 N–H and O–H groups in total. The van der Waals surface area contributed by atoms with Crippen LogP contribution in [0.2, 0.25) is 0 Å². The molecule has 0 aliphatic carbocycles. The molecule has 0 spiro atoms. The number of carbonyl (C=O) groups excluding carboxylic acids is 1. The lowest BCUT2D eigenvalue weighted by Gasteiger charge is -2.19. The third kappa shape index (κ3) is 4.86. The zero-order valence-corrected chi connectivity index (χ0v) is 19.2. The Morgan fingerprint density at radius 2 is 1.91 bits per heavy atom. The molecule has 1 fully saturated rings. The van der Waals surface area contributed by atoms with Crippen LogP contribution in [0.3, 0.4) is 0 Å². The number of anilines is 2. The van der Waals surface area contributed by atoms with Crippen molar-refractivity contribution in [3.63, 3.8) is 0 Å². The largest absolute Gasteiger partial charge is 0.368 e. The first kappa shape index (κ1) is 22.8. The molecule has 3 heterocycles. The van der Waals surface area contributed by atoms with E-state index in [9.17, 15) is 13.6 Å². The van der Waals surface area contributed by atoms with E-state index >= 15 is 0 Å². The Balaban J connectivity index is 1.57. The number of amides is 1. The van der Waals surface area contributed by atoms with Crippen molar-refractivity contribution in [2.75, 3.05) is 23.3 Å². The Morgan fingerprint density at radius 1 is 1.18 bits per heavy atom. The second-order valence-electron chi connectivity index (χ2n) is 9.42. The molecule has 0 bridgehead atoms. The molecule has 1 aliphatic heterocycles. The van der Waals surface area contributed by atoms with Gasteiger partial charge in [0.05, 0.1) is 18.1 Å². The summed E-state index contributed by atoms with van der Waals surface area (Å²) in [6.45, 7) is 7.47. The Labute approximate surface area is 191 Å². The van der Waals surface area contributed by atoms with Crippen molar-refractivity contribution in [1.82, 2.24) is 19.7 Å². The van der Waals surface area contributed by atoms with Gasteiger partial charge in [0.15, 0.2) is 5.82 Å². The predicted molar refractivity (Wildman–Crippen MR) is 123 cm³/mol. The van der Waals surface area contributed by atoms with Gasteiger partial charge in [0.1, 0.15) is 6.33 Å². The molecule has 2 aromatic heterocycles. The smallest absolute Gasteiger partial charge is 0.264 e. The van der Waals surface area contributed by atoms with E-state index in [2.05, 4.69) is 46.1 Å². The van der Waals surface area contributed by atoms with Gasteiger partial charge in [-0.3, -0.25) is 9.48 Å². The van der Waals surface area contributed by atoms with Gasteiger partial charge in [0.2, 0.25) is 0 Å². The average Bonchev–Trinajstić information content (AvgIpc) is 3.40. The summed E-state index contributed by atoms with van der Waals surface area (Å²) in [6.07, 6.45) is 2.98. The molecule has 1 saturated heterocycles. The molecule has 7 nitrogen and oxygen atoms in total. The van der Waals surface area contributed by atoms with E-state index < -0.39 is 6.43 Å². The van der Waals surface area contributed by atoms with Crippen LogP contribution >= 0.6 is 0 Å². The Kier molecular flexibility index (Phi) is 6.14. The highest BCUT2D eigenvalue weighted by atomic mass is 19.3. The molecule has 1 unspecified atom stereocenters. The monoisotopic (exact) mass is 454 g/mol. The van der Waals surface area contributed by atoms with Crippen molar-refractivity contribution >= 4 is 17.4 Å². The van der Waals surface area contributed by atoms with Gasteiger partial charge in [-0.25, -0.2) is 18.7 Å². The molecule has 3 aromatic rings. The highest BCUT2D eigenvalue weighted by Gasteiger charge is 2.29. The number of aryl methyl sites for hydroxylation is 1. The summed E-state index contributed by atoms with van der Waals surface area (Å²) >= 11 is 0. The van der Waals surface area contributed by atoms with E-state index in [1.165, 1.54) is 18.5 Å². The van der Waals surface area contributed by atoms with E-state index in [-0.39, 0.29) is 22.8 Å². The van der Waals surface area contributed by atoms with Crippen LogP contribution in [0.25, 0.3) is 0 Å². The summed E-state index contributed by atoms with van der Waals surface area (Å²) in [5.74, 6) is -0.0609. The molecular weight excluding hydrogens is 426 g/mol. The molecule has 1 aromatic carbocycles. The summed E-state index contributed by atoms with van der Waals surface area (Å²) in [5, 5.41) is 7.19. The van der Waals surface area contributed by atoms with E-state index in [0.717, 1.165) is 11.4 Å². The number of carbonyl (C=O) groups is 1. The maximum absolute atomic E-state index is 13.8. The number of nitrogens with one attached hydrogen (secondary N) is 1. The minimum Gasteiger partial charge on any atom is -0.368 e. The van der Waals surface area contributed by atoms with Crippen LogP contribution in [0, 0.1) is 0 Å². The number of halogens is 2. The van der Waals surface area contributed by atoms with E-state index in [4.69, 9.17) is 0 Å². The lowest BCUT2D eigenvalue weighted by Crippen LogP contribution is -2.20. The number of hydrogen-bond donors (Lipinski definition) is 1. The topological polar surface area (TPSA) is 75.9 Å². The number of alkyl halides is 2. The lowest BCUT2D eigenvalue weighted by atomic mass is 9.91. The van der Waals surface area contributed by atoms with Gasteiger partial charge >= 0.3 is 0 Å². The summed E-state index contributed by atoms with van der Waals surface area (Å²) in [6, 6.07) is 6.25. The Hall–Kier alpha value is -3.36. The van der Waals surface area contributed by atoms with Crippen LogP contribution < -0.4 is 10.2 Å². The molecular formula is C24H28F2N6O. The van der Waals surface area contributed by atoms with Crippen molar-refractivity contribution in [2.45, 2.75) is 45.0 Å². The van der Waals surface area contributed by atoms with E-state index in [1.54, 1.807) is 23.1 Å². The number of benzene rings is 1. The lowest BCUT2D eigenvalue weighted by molar-refractivity contribution is 0.102. The highest BCUT2D eigenvalue weighted by molar-refractivity contribution is 6.04. The van der Waals surface area contributed by atoms with Gasteiger partial charge in [-0.05, 0) is 24.1 Å². The third-order valence-corrected chi connectivity index (χ3v) is 6.01. The highest BCUT2D eigenvalue weighted by Crippen LogP contribution is 2.36. The molecule has 0 radical (unpaired) electrons. The van der Waals surface area contributed by atoms with Crippen LogP contribution in [-0.2, 0) is 12.5 Å². The number of aromatic nitrogens is 4. The first-order valence-corrected chi connectivity index (χ1v) is 10.9. The van der Waals surface area contributed by atoms with Gasteiger partial charge in [0.25, 0.3) is 12.3 Å². The first-order valence-electron chi connectivity index (χ1n) is 10.9. The fourth-order valence-corrected chi connectivity index (χ4v) is 4.39. The zero-order valence-electron chi connectivity index (χ0n) is 19.2. The Bertz CT molecular complexity index is 1140. The molecule has 174 valence electrons. The maximum Gasteiger partial charge on any atom is 0.264 e. The number of hydrogen-bond acceptors (Lipinski definition) is 5. The molecule has 4 rings (SSSR count). The van der Waals surface area contributed by atoms with Gasteiger partial charge in [-0.1, -0.05) is 26.8 Å².